The Kier molecular flexibility index (Phi) is 6.01. The number of phenolic OH excluding ortho intramolecular Hbond substituents is 1. The lowest BCUT2D eigenvalue weighted by atomic mass is 9.99. The molecule has 0 aliphatic heterocycles. The van der Waals surface area contributed by atoms with Crippen LogP contribution >= 0.6 is 0 Å². The molecule has 1 heterocycles. The summed E-state index contributed by atoms with van der Waals surface area (Å²) in [4.78, 5) is 11.1. The predicted octanol–water partition coefficient (Wildman–Crippen LogP) is 4.56. The van der Waals surface area contributed by atoms with E-state index >= 15 is 0 Å². The van der Waals surface area contributed by atoms with Gasteiger partial charge in [-0.3, -0.25) is 4.90 Å². The molecule has 33 heavy (non-hydrogen) atoms. The van der Waals surface area contributed by atoms with Gasteiger partial charge in [0.1, 0.15) is 24.0 Å². The third-order valence-electron chi connectivity index (χ3n) is 5.32. The molecule has 166 valence electrons. The topological polar surface area (TPSA) is 95.5 Å². The molecule has 0 saturated carbocycles. The monoisotopic (exact) mass is 438 g/mol. The molecule has 6 heteroatoms. The number of phenols is 1. The van der Waals surface area contributed by atoms with E-state index in [1.165, 1.54) is 6.33 Å². The van der Waals surface area contributed by atoms with E-state index in [4.69, 9.17) is 5.73 Å². The molecule has 4 N–H and O–H groups in total. The summed E-state index contributed by atoms with van der Waals surface area (Å²) < 4.78 is 0. The standard InChI is InChI=1S/C27H26N4O2/c1-18-15-21(32)11-13-24(18)31(20-7-5-4-6-8-20)26-22-16-19(9-12-23(22)29-17-30-26)10-14-25(33)27(2,3)28/h4-9,11-13,15-17,25,32-33H,28H2,1-3H3. The molecule has 1 unspecified atom stereocenters. The number of anilines is 3. The predicted molar refractivity (Wildman–Crippen MR) is 132 cm³/mol. The fourth-order valence-electron chi connectivity index (χ4n) is 3.48. The van der Waals surface area contributed by atoms with Gasteiger partial charge >= 0.3 is 0 Å². The summed E-state index contributed by atoms with van der Waals surface area (Å²) in [6.45, 7) is 5.41. The largest absolute Gasteiger partial charge is 0.508 e. The highest BCUT2D eigenvalue weighted by Gasteiger charge is 2.21. The van der Waals surface area contributed by atoms with Crippen molar-refractivity contribution in [1.82, 2.24) is 9.97 Å². The van der Waals surface area contributed by atoms with Crippen molar-refractivity contribution in [3.8, 4) is 17.6 Å². The zero-order valence-electron chi connectivity index (χ0n) is 18.8. The molecule has 4 aromatic rings. The van der Waals surface area contributed by atoms with Crippen LogP contribution in [0.3, 0.4) is 0 Å². The van der Waals surface area contributed by atoms with Gasteiger partial charge in [-0.05, 0) is 74.9 Å². The Morgan fingerprint density at radius 2 is 1.76 bits per heavy atom. The fraction of sp³-hybridized carbons (Fsp3) is 0.185. The van der Waals surface area contributed by atoms with Gasteiger partial charge in [0.25, 0.3) is 0 Å². The summed E-state index contributed by atoms with van der Waals surface area (Å²) >= 11 is 0. The van der Waals surface area contributed by atoms with Gasteiger partial charge in [0.2, 0.25) is 0 Å². The maximum Gasteiger partial charge on any atom is 0.148 e. The van der Waals surface area contributed by atoms with Crippen LogP contribution < -0.4 is 10.6 Å². The van der Waals surface area contributed by atoms with E-state index in [-0.39, 0.29) is 5.75 Å². The number of aliphatic hydroxyl groups excluding tert-OH is 1. The van der Waals surface area contributed by atoms with E-state index < -0.39 is 11.6 Å². The van der Waals surface area contributed by atoms with Gasteiger partial charge < -0.3 is 15.9 Å². The van der Waals surface area contributed by atoms with Gasteiger partial charge in [-0.25, -0.2) is 9.97 Å². The van der Waals surface area contributed by atoms with E-state index in [9.17, 15) is 10.2 Å². The van der Waals surface area contributed by atoms with Crippen molar-refractivity contribution < 1.29 is 10.2 Å². The second kappa shape index (κ2) is 8.91. The number of hydrogen-bond donors (Lipinski definition) is 3. The summed E-state index contributed by atoms with van der Waals surface area (Å²) in [5.41, 5.74) is 9.32. The second-order valence-electron chi connectivity index (χ2n) is 8.56. The maximum absolute atomic E-state index is 10.2. The van der Waals surface area contributed by atoms with Crippen molar-refractivity contribution in [2.45, 2.75) is 32.4 Å². The van der Waals surface area contributed by atoms with Crippen molar-refractivity contribution >= 4 is 28.1 Å². The highest BCUT2D eigenvalue weighted by Crippen LogP contribution is 2.39. The smallest absolute Gasteiger partial charge is 0.148 e. The molecule has 0 aliphatic rings. The summed E-state index contributed by atoms with van der Waals surface area (Å²) in [5.74, 6) is 6.74. The second-order valence-corrected chi connectivity index (χ2v) is 8.56. The summed E-state index contributed by atoms with van der Waals surface area (Å²) in [7, 11) is 0. The van der Waals surface area contributed by atoms with Crippen LogP contribution in [0, 0.1) is 18.8 Å². The SMILES string of the molecule is Cc1cc(O)ccc1N(c1ccccc1)c1ncnc2ccc(C#CC(O)C(C)(C)N)cc12. The van der Waals surface area contributed by atoms with E-state index in [1.807, 2.05) is 66.4 Å². The van der Waals surface area contributed by atoms with Crippen molar-refractivity contribution in [2.75, 3.05) is 4.90 Å². The van der Waals surface area contributed by atoms with E-state index in [0.717, 1.165) is 33.4 Å². The minimum absolute atomic E-state index is 0.204. The summed E-state index contributed by atoms with van der Waals surface area (Å²) in [5, 5.41) is 20.9. The fourth-order valence-corrected chi connectivity index (χ4v) is 3.48. The third kappa shape index (κ3) is 4.80. The minimum atomic E-state index is -0.958. The lowest BCUT2D eigenvalue weighted by molar-refractivity contribution is 0.157. The summed E-state index contributed by atoms with van der Waals surface area (Å²) in [6, 6.07) is 20.8. The molecule has 1 aromatic heterocycles. The first-order valence-corrected chi connectivity index (χ1v) is 10.6. The molecular weight excluding hydrogens is 412 g/mol. The van der Waals surface area contributed by atoms with E-state index in [2.05, 4.69) is 21.8 Å². The van der Waals surface area contributed by atoms with Crippen LogP contribution in [-0.2, 0) is 0 Å². The number of hydrogen-bond acceptors (Lipinski definition) is 6. The Bertz CT molecular complexity index is 1350. The van der Waals surface area contributed by atoms with Crippen LogP contribution in [0.4, 0.5) is 17.2 Å². The van der Waals surface area contributed by atoms with Crippen LogP contribution in [0.2, 0.25) is 0 Å². The van der Waals surface area contributed by atoms with Crippen LogP contribution in [0.5, 0.6) is 5.75 Å². The van der Waals surface area contributed by atoms with Crippen LogP contribution in [0.25, 0.3) is 10.9 Å². The Morgan fingerprint density at radius 3 is 2.45 bits per heavy atom. The van der Waals surface area contributed by atoms with Crippen LogP contribution in [0.1, 0.15) is 25.0 Å². The Labute approximate surface area is 193 Å². The molecular formula is C27H26N4O2. The first-order chi connectivity index (χ1) is 15.7. The van der Waals surface area contributed by atoms with Gasteiger partial charge in [0, 0.05) is 22.2 Å². The number of rotatable bonds is 4. The highest BCUT2D eigenvalue weighted by atomic mass is 16.3. The number of benzene rings is 3. The molecule has 3 aromatic carbocycles. The molecule has 0 bridgehead atoms. The number of nitrogens with zero attached hydrogens (tertiary/aromatic N) is 3. The summed E-state index contributed by atoms with van der Waals surface area (Å²) in [6.07, 6.45) is 0.579. The van der Waals surface area contributed by atoms with Crippen molar-refractivity contribution in [1.29, 1.82) is 0 Å². The zero-order chi connectivity index (χ0) is 23.6. The van der Waals surface area contributed by atoms with Gasteiger partial charge in [-0.1, -0.05) is 30.0 Å². The molecule has 0 spiro atoms. The molecule has 0 amide bonds. The number of aromatic hydroxyl groups is 1. The lowest BCUT2D eigenvalue weighted by Gasteiger charge is -2.26. The Morgan fingerprint density at radius 1 is 1.00 bits per heavy atom. The number of para-hydroxylation sites is 1. The number of nitrogens with two attached hydrogens (primary N) is 1. The number of fused-ring (bicyclic) bond motifs is 1. The Balaban J connectivity index is 1.90. The average molecular weight is 439 g/mol. The average Bonchev–Trinajstić information content (AvgIpc) is 2.79. The van der Waals surface area contributed by atoms with Gasteiger partial charge in [0.05, 0.1) is 11.2 Å². The minimum Gasteiger partial charge on any atom is -0.508 e. The molecule has 6 nitrogen and oxygen atoms in total. The van der Waals surface area contributed by atoms with E-state index in [0.29, 0.717) is 5.82 Å². The third-order valence-corrected chi connectivity index (χ3v) is 5.32. The quantitative estimate of drug-likeness (QED) is 0.404. The lowest BCUT2D eigenvalue weighted by Crippen LogP contribution is -2.44. The highest BCUT2D eigenvalue weighted by molar-refractivity contribution is 5.95. The van der Waals surface area contributed by atoms with Crippen LogP contribution in [-0.4, -0.2) is 31.8 Å². The first kappa shape index (κ1) is 22.3. The van der Waals surface area contributed by atoms with Crippen molar-refractivity contribution in [3.05, 3.63) is 84.2 Å². The number of aryl methyl sites for hydroxylation is 1. The zero-order valence-corrected chi connectivity index (χ0v) is 18.8. The number of aromatic nitrogens is 2. The normalized spacial score (nSPS) is 12.2. The Hall–Kier alpha value is -3.92. The first-order valence-electron chi connectivity index (χ1n) is 10.6. The maximum atomic E-state index is 10.2. The number of aliphatic hydroxyl groups is 1. The van der Waals surface area contributed by atoms with Crippen molar-refractivity contribution in [2.24, 2.45) is 5.73 Å². The molecule has 1 atom stereocenters. The van der Waals surface area contributed by atoms with E-state index in [1.54, 1.807) is 26.0 Å². The van der Waals surface area contributed by atoms with Crippen LogP contribution in [0.15, 0.2) is 73.1 Å². The van der Waals surface area contributed by atoms with Crippen molar-refractivity contribution in [3.63, 3.8) is 0 Å². The molecule has 0 radical (unpaired) electrons. The van der Waals surface area contributed by atoms with Gasteiger partial charge in [-0.2, -0.15) is 0 Å². The molecule has 0 fully saturated rings. The molecule has 4 rings (SSSR count). The van der Waals surface area contributed by atoms with Gasteiger partial charge in [-0.15, -0.1) is 0 Å². The van der Waals surface area contributed by atoms with Gasteiger partial charge in [0.15, 0.2) is 0 Å². The molecule has 0 aliphatic carbocycles. The molecule has 0 saturated heterocycles.